The molecule has 5 nitrogen and oxygen atoms in total. The van der Waals surface area contributed by atoms with Crippen LogP contribution in [0.15, 0.2) is 34.9 Å². The summed E-state index contributed by atoms with van der Waals surface area (Å²) in [5, 5.41) is 3.99. The second-order valence-electron chi connectivity index (χ2n) is 5.44. The van der Waals surface area contributed by atoms with Crippen molar-refractivity contribution in [2.45, 2.75) is 26.3 Å². The van der Waals surface area contributed by atoms with Gasteiger partial charge in [0.2, 0.25) is 5.89 Å². The molecule has 0 bridgehead atoms. The molecule has 2 aromatic rings. The fraction of sp³-hybridized carbons (Fsp3) is 0.500. The van der Waals surface area contributed by atoms with E-state index in [1.807, 2.05) is 6.92 Å². The Morgan fingerprint density at radius 3 is 2.48 bits per heavy atom. The van der Waals surface area contributed by atoms with E-state index < -0.39 is 0 Å². The summed E-state index contributed by atoms with van der Waals surface area (Å²) in [6.07, 6.45) is 0.817. The molecule has 3 rings (SSSR count). The van der Waals surface area contributed by atoms with Gasteiger partial charge in [-0.1, -0.05) is 30.3 Å². The van der Waals surface area contributed by atoms with Crippen LogP contribution < -0.4 is 4.90 Å². The zero-order valence-electron chi connectivity index (χ0n) is 12.7. The lowest BCUT2D eigenvalue weighted by Gasteiger charge is -2.38. The zero-order chi connectivity index (χ0) is 14.7. The third-order valence-corrected chi connectivity index (χ3v) is 4.14. The molecule has 1 unspecified atom stereocenters. The van der Waals surface area contributed by atoms with Crippen molar-refractivity contribution in [2.24, 2.45) is 0 Å². The Morgan fingerprint density at radius 2 is 1.86 bits per heavy atom. The normalized spacial score (nSPS) is 17.9. The van der Waals surface area contributed by atoms with Gasteiger partial charge in [-0.25, -0.2) is 0 Å². The molecule has 5 heteroatoms. The zero-order valence-corrected chi connectivity index (χ0v) is 12.7. The molecule has 0 saturated carbocycles. The van der Waals surface area contributed by atoms with Gasteiger partial charge in [-0.3, -0.25) is 4.90 Å². The van der Waals surface area contributed by atoms with Crippen LogP contribution in [-0.4, -0.2) is 41.2 Å². The summed E-state index contributed by atoms with van der Waals surface area (Å²) < 4.78 is 5.37. The van der Waals surface area contributed by atoms with Crippen LogP contribution in [0, 0.1) is 0 Å². The molecule has 0 N–H and O–H groups in total. The number of aryl methyl sites for hydroxylation is 1. The molecule has 112 valence electrons. The van der Waals surface area contributed by atoms with E-state index in [0.717, 1.165) is 44.3 Å². The first-order chi connectivity index (χ1) is 10.3. The SMILES string of the molecule is CCc1noc(C(C)N2CCN(c3ccccc3)CC2)n1. The fourth-order valence-corrected chi connectivity index (χ4v) is 2.74. The molecule has 1 aliphatic heterocycles. The molecule has 1 fully saturated rings. The third-order valence-electron chi connectivity index (χ3n) is 4.14. The summed E-state index contributed by atoms with van der Waals surface area (Å²) in [6, 6.07) is 10.8. The number of para-hydroxylation sites is 1. The quantitative estimate of drug-likeness (QED) is 0.864. The monoisotopic (exact) mass is 286 g/mol. The Labute approximate surface area is 125 Å². The van der Waals surface area contributed by atoms with Gasteiger partial charge < -0.3 is 9.42 Å². The lowest BCUT2D eigenvalue weighted by molar-refractivity contribution is 0.164. The minimum atomic E-state index is 0.190. The highest BCUT2D eigenvalue weighted by atomic mass is 16.5. The van der Waals surface area contributed by atoms with Gasteiger partial charge in [0, 0.05) is 38.3 Å². The van der Waals surface area contributed by atoms with Gasteiger partial charge in [0.15, 0.2) is 5.82 Å². The van der Waals surface area contributed by atoms with Crippen LogP contribution in [0.4, 0.5) is 5.69 Å². The molecule has 0 spiro atoms. The number of aromatic nitrogens is 2. The number of hydrogen-bond donors (Lipinski definition) is 0. The summed E-state index contributed by atoms with van der Waals surface area (Å²) in [7, 11) is 0. The summed E-state index contributed by atoms with van der Waals surface area (Å²) in [4.78, 5) is 9.28. The van der Waals surface area contributed by atoms with E-state index in [1.165, 1.54) is 5.69 Å². The van der Waals surface area contributed by atoms with E-state index in [9.17, 15) is 0 Å². The topological polar surface area (TPSA) is 45.4 Å². The number of nitrogens with zero attached hydrogens (tertiary/aromatic N) is 4. The summed E-state index contributed by atoms with van der Waals surface area (Å²) >= 11 is 0. The Kier molecular flexibility index (Phi) is 4.20. The van der Waals surface area contributed by atoms with Crippen LogP contribution in [0.5, 0.6) is 0 Å². The minimum Gasteiger partial charge on any atom is -0.369 e. The smallest absolute Gasteiger partial charge is 0.243 e. The number of hydrogen-bond acceptors (Lipinski definition) is 5. The molecule has 0 amide bonds. The lowest BCUT2D eigenvalue weighted by Crippen LogP contribution is -2.47. The van der Waals surface area contributed by atoms with Crippen LogP contribution in [0.25, 0.3) is 0 Å². The van der Waals surface area contributed by atoms with Crippen molar-refractivity contribution in [1.29, 1.82) is 0 Å². The van der Waals surface area contributed by atoms with Crippen molar-refractivity contribution in [2.75, 3.05) is 31.1 Å². The molecule has 1 aliphatic rings. The number of anilines is 1. The third kappa shape index (κ3) is 3.08. The predicted molar refractivity (Wildman–Crippen MR) is 82.3 cm³/mol. The highest BCUT2D eigenvalue weighted by Crippen LogP contribution is 2.22. The van der Waals surface area contributed by atoms with E-state index in [2.05, 4.69) is 57.2 Å². The highest BCUT2D eigenvalue weighted by Gasteiger charge is 2.25. The van der Waals surface area contributed by atoms with Crippen molar-refractivity contribution in [3.63, 3.8) is 0 Å². The summed E-state index contributed by atoms with van der Waals surface area (Å²) in [5.41, 5.74) is 1.30. The molecule has 1 aromatic carbocycles. The maximum atomic E-state index is 5.37. The van der Waals surface area contributed by atoms with Gasteiger partial charge in [-0.2, -0.15) is 4.98 Å². The molecule has 0 radical (unpaired) electrons. The first-order valence-electron chi connectivity index (χ1n) is 7.64. The molecular formula is C16H22N4O. The van der Waals surface area contributed by atoms with Crippen LogP contribution >= 0.6 is 0 Å². The van der Waals surface area contributed by atoms with Crippen molar-refractivity contribution in [1.82, 2.24) is 15.0 Å². The Morgan fingerprint density at radius 1 is 1.14 bits per heavy atom. The van der Waals surface area contributed by atoms with E-state index in [0.29, 0.717) is 0 Å². The molecule has 1 aromatic heterocycles. The average molecular weight is 286 g/mol. The Bertz CT molecular complexity index is 561. The van der Waals surface area contributed by atoms with E-state index >= 15 is 0 Å². The van der Waals surface area contributed by atoms with E-state index in [-0.39, 0.29) is 6.04 Å². The Hall–Kier alpha value is -1.88. The average Bonchev–Trinajstić information content (AvgIpc) is 3.04. The summed E-state index contributed by atoms with van der Waals surface area (Å²) in [5.74, 6) is 1.53. The van der Waals surface area contributed by atoms with E-state index in [4.69, 9.17) is 4.52 Å². The maximum absolute atomic E-state index is 5.37. The molecule has 1 saturated heterocycles. The highest BCUT2D eigenvalue weighted by molar-refractivity contribution is 5.46. The molecule has 21 heavy (non-hydrogen) atoms. The van der Waals surface area contributed by atoms with E-state index in [1.54, 1.807) is 0 Å². The maximum Gasteiger partial charge on any atom is 0.243 e. The first-order valence-corrected chi connectivity index (χ1v) is 7.64. The van der Waals surface area contributed by atoms with Gasteiger partial charge in [0.05, 0.1) is 6.04 Å². The van der Waals surface area contributed by atoms with Crippen molar-refractivity contribution >= 4 is 5.69 Å². The van der Waals surface area contributed by atoms with Crippen LogP contribution in [-0.2, 0) is 6.42 Å². The fourth-order valence-electron chi connectivity index (χ4n) is 2.74. The van der Waals surface area contributed by atoms with Crippen molar-refractivity contribution in [3.05, 3.63) is 42.0 Å². The molecular weight excluding hydrogens is 264 g/mol. The standard InChI is InChI=1S/C16H22N4O/c1-3-15-17-16(21-18-15)13(2)19-9-11-20(12-10-19)14-7-5-4-6-8-14/h4-8,13H,3,9-12H2,1-2H3. The van der Waals surface area contributed by atoms with Gasteiger partial charge >= 0.3 is 0 Å². The predicted octanol–water partition coefficient (Wildman–Crippen LogP) is 2.52. The largest absolute Gasteiger partial charge is 0.369 e. The second kappa shape index (κ2) is 6.26. The van der Waals surface area contributed by atoms with Gasteiger partial charge in [-0.15, -0.1) is 0 Å². The minimum absolute atomic E-state index is 0.190. The number of benzene rings is 1. The Balaban J connectivity index is 1.60. The van der Waals surface area contributed by atoms with Crippen molar-refractivity contribution in [3.8, 4) is 0 Å². The van der Waals surface area contributed by atoms with Crippen LogP contribution in [0.3, 0.4) is 0 Å². The molecule has 1 atom stereocenters. The lowest BCUT2D eigenvalue weighted by atomic mass is 10.2. The molecule has 0 aliphatic carbocycles. The number of piperazine rings is 1. The van der Waals surface area contributed by atoms with Crippen molar-refractivity contribution < 1.29 is 4.52 Å². The first kappa shape index (κ1) is 14.1. The van der Waals surface area contributed by atoms with Gasteiger partial charge in [0.25, 0.3) is 0 Å². The second-order valence-corrected chi connectivity index (χ2v) is 5.44. The van der Waals surface area contributed by atoms with Crippen LogP contribution in [0.1, 0.15) is 31.6 Å². The van der Waals surface area contributed by atoms with Crippen LogP contribution in [0.2, 0.25) is 0 Å². The number of rotatable bonds is 4. The van der Waals surface area contributed by atoms with Gasteiger partial charge in [0.1, 0.15) is 0 Å². The molecule has 2 heterocycles. The summed E-state index contributed by atoms with van der Waals surface area (Å²) in [6.45, 7) is 8.27. The van der Waals surface area contributed by atoms with Gasteiger partial charge in [-0.05, 0) is 19.1 Å².